The fourth-order valence-electron chi connectivity index (χ4n) is 10.3. The molecule has 0 bridgehead atoms. The number of fused-ring (bicyclic) bond motifs is 4. The van der Waals surface area contributed by atoms with Crippen LogP contribution >= 0.6 is 0 Å². The van der Waals surface area contributed by atoms with Crippen molar-refractivity contribution in [3.05, 3.63) is 179 Å². The van der Waals surface area contributed by atoms with E-state index in [2.05, 4.69) is 197 Å². The molecular weight excluding hydrogens is 641 g/mol. The average Bonchev–Trinajstić information content (AvgIpc) is 3.17. The zero-order chi connectivity index (χ0) is 36.0. The van der Waals surface area contributed by atoms with Gasteiger partial charge in [-0.25, -0.2) is 0 Å². The molecule has 0 saturated carbocycles. The smallest absolute Gasteiger partial charge is 0.0546 e. The van der Waals surface area contributed by atoms with Crippen molar-refractivity contribution in [2.75, 3.05) is 9.80 Å². The second-order valence-electron chi connectivity index (χ2n) is 17.0. The maximum absolute atomic E-state index is 2.66. The standard InChI is InChI=1S/C51H42N2/c1-49(2)39-21-13-23-41-46(39)53-47-40(49)22-14-24-42(47)51(5,6)44-30-35(29-43(48(44)53)50(41,3)4)52(34-26-25-31-15-7-8-16-32(31)27-34)45-28-33-17-9-10-18-36(33)37-19-11-12-20-38(37)45/h7-30H,1-6H3. The summed E-state index contributed by atoms with van der Waals surface area (Å²) in [7, 11) is 0. The Bertz CT molecular complexity index is 2800. The minimum absolute atomic E-state index is 0.113. The summed E-state index contributed by atoms with van der Waals surface area (Å²) in [4.78, 5) is 5.21. The first-order valence-corrected chi connectivity index (χ1v) is 19.0. The lowest BCUT2D eigenvalue weighted by molar-refractivity contribution is 0.566. The van der Waals surface area contributed by atoms with E-state index in [-0.39, 0.29) is 16.2 Å². The third kappa shape index (κ3) is 3.88. The van der Waals surface area contributed by atoms with E-state index < -0.39 is 0 Å². The van der Waals surface area contributed by atoms with Crippen LogP contribution in [-0.2, 0) is 16.2 Å². The first-order chi connectivity index (χ1) is 25.6. The van der Waals surface area contributed by atoms with E-state index in [1.54, 1.807) is 0 Å². The minimum atomic E-state index is -0.238. The molecule has 0 N–H and O–H groups in total. The first-order valence-electron chi connectivity index (χ1n) is 19.0. The first kappa shape index (κ1) is 30.7. The number of nitrogens with zero attached hydrogens (tertiary/aromatic N) is 2. The fourth-order valence-corrected chi connectivity index (χ4v) is 10.3. The van der Waals surface area contributed by atoms with Crippen molar-refractivity contribution in [1.29, 1.82) is 0 Å². The summed E-state index contributed by atoms with van der Waals surface area (Å²) in [6, 6.07) is 55.0. The zero-order valence-electron chi connectivity index (χ0n) is 31.3. The van der Waals surface area contributed by atoms with Crippen LogP contribution in [0.1, 0.15) is 74.9 Å². The molecule has 0 atom stereocenters. The van der Waals surface area contributed by atoms with E-state index in [9.17, 15) is 0 Å². The monoisotopic (exact) mass is 682 g/mol. The van der Waals surface area contributed by atoms with Crippen molar-refractivity contribution in [2.45, 2.75) is 57.8 Å². The Balaban J connectivity index is 1.27. The number of benzene rings is 8. The molecule has 0 unspecified atom stereocenters. The quantitative estimate of drug-likeness (QED) is 0.171. The molecule has 3 aliphatic heterocycles. The lowest BCUT2D eigenvalue weighted by Crippen LogP contribution is -2.43. The van der Waals surface area contributed by atoms with Gasteiger partial charge in [-0.05, 0) is 90.6 Å². The number of hydrogen-bond donors (Lipinski definition) is 0. The molecule has 256 valence electrons. The third-order valence-corrected chi connectivity index (χ3v) is 13.1. The summed E-state index contributed by atoms with van der Waals surface area (Å²) in [6.07, 6.45) is 0. The zero-order valence-corrected chi connectivity index (χ0v) is 31.3. The van der Waals surface area contributed by atoms with E-state index in [0.717, 1.165) is 5.69 Å². The molecule has 11 rings (SSSR count). The molecule has 3 aliphatic rings. The van der Waals surface area contributed by atoms with Crippen LogP contribution in [0.25, 0.3) is 32.3 Å². The highest BCUT2D eigenvalue weighted by Gasteiger charge is 2.51. The second kappa shape index (κ2) is 10.2. The highest BCUT2D eigenvalue weighted by atomic mass is 15.2. The van der Waals surface area contributed by atoms with Gasteiger partial charge < -0.3 is 9.80 Å². The van der Waals surface area contributed by atoms with Crippen LogP contribution in [0.4, 0.5) is 34.1 Å². The van der Waals surface area contributed by atoms with Crippen LogP contribution in [0, 0.1) is 0 Å². The van der Waals surface area contributed by atoms with Gasteiger partial charge in [0.05, 0.1) is 22.7 Å². The molecule has 0 amide bonds. The molecule has 8 aromatic rings. The van der Waals surface area contributed by atoms with Crippen molar-refractivity contribution < 1.29 is 0 Å². The maximum Gasteiger partial charge on any atom is 0.0546 e. The number of anilines is 6. The van der Waals surface area contributed by atoms with Crippen molar-refractivity contribution in [2.24, 2.45) is 0 Å². The Morgan fingerprint density at radius 3 is 1.43 bits per heavy atom. The van der Waals surface area contributed by atoms with Gasteiger partial charge in [0.15, 0.2) is 0 Å². The number of para-hydroxylation sites is 2. The normalized spacial score (nSPS) is 16.5. The Kier molecular flexibility index (Phi) is 5.90. The topological polar surface area (TPSA) is 6.48 Å². The predicted octanol–water partition coefficient (Wildman–Crippen LogP) is 14.0. The minimum Gasteiger partial charge on any atom is -0.310 e. The van der Waals surface area contributed by atoms with Gasteiger partial charge in [-0.15, -0.1) is 0 Å². The van der Waals surface area contributed by atoms with Crippen LogP contribution in [-0.4, -0.2) is 0 Å². The van der Waals surface area contributed by atoms with Gasteiger partial charge >= 0.3 is 0 Å². The molecule has 0 radical (unpaired) electrons. The molecule has 0 saturated heterocycles. The largest absolute Gasteiger partial charge is 0.310 e. The molecule has 3 heterocycles. The van der Waals surface area contributed by atoms with E-state index in [1.165, 1.54) is 94.1 Å². The Morgan fingerprint density at radius 1 is 0.358 bits per heavy atom. The van der Waals surface area contributed by atoms with Crippen LogP contribution in [0.15, 0.2) is 146 Å². The van der Waals surface area contributed by atoms with Crippen LogP contribution < -0.4 is 9.80 Å². The van der Waals surface area contributed by atoms with Gasteiger partial charge in [-0.2, -0.15) is 0 Å². The van der Waals surface area contributed by atoms with Crippen LogP contribution in [0.5, 0.6) is 0 Å². The summed E-state index contributed by atoms with van der Waals surface area (Å²) in [5, 5.41) is 7.51. The molecule has 0 aliphatic carbocycles. The molecular formula is C51H42N2. The van der Waals surface area contributed by atoms with Crippen molar-refractivity contribution in [3.63, 3.8) is 0 Å². The van der Waals surface area contributed by atoms with Crippen molar-refractivity contribution >= 4 is 66.4 Å². The van der Waals surface area contributed by atoms with Crippen LogP contribution in [0.3, 0.4) is 0 Å². The van der Waals surface area contributed by atoms with Crippen molar-refractivity contribution in [1.82, 2.24) is 0 Å². The lowest BCUT2D eigenvalue weighted by atomic mass is 9.61. The Hall–Kier alpha value is -5.86. The predicted molar refractivity (Wildman–Crippen MR) is 225 cm³/mol. The molecule has 0 spiro atoms. The summed E-state index contributed by atoms with van der Waals surface area (Å²) < 4.78 is 0. The Labute approximate surface area is 311 Å². The third-order valence-electron chi connectivity index (χ3n) is 13.1. The van der Waals surface area contributed by atoms with Gasteiger partial charge in [0, 0.05) is 33.0 Å². The summed E-state index contributed by atoms with van der Waals surface area (Å²) in [5.41, 5.74) is 15.4. The van der Waals surface area contributed by atoms with E-state index >= 15 is 0 Å². The molecule has 8 aromatic carbocycles. The summed E-state index contributed by atoms with van der Waals surface area (Å²) in [5.74, 6) is 0. The second-order valence-corrected chi connectivity index (χ2v) is 17.0. The van der Waals surface area contributed by atoms with E-state index in [1.807, 2.05) is 0 Å². The molecule has 0 aromatic heterocycles. The van der Waals surface area contributed by atoms with E-state index in [4.69, 9.17) is 0 Å². The fraction of sp³-hybridized carbons (Fsp3) is 0.176. The lowest BCUT2D eigenvalue weighted by Gasteiger charge is -2.55. The molecule has 0 fully saturated rings. The number of rotatable bonds is 3. The highest BCUT2D eigenvalue weighted by molar-refractivity contribution is 6.15. The van der Waals surface area contributed by atoms with Gasteiger partial charge in [0.1, 0.15) is 0 Å². The van der Waals surface area contributed by atoms with Gasteiger partial charge in [-0.3, -0.25) is 0 Å². The number of hydrogen-bond acceptors (Lipinski definition) is 2. The average molecular weight is 683 g/mol. The SMILES string of the molecule is CC1(C)c2cccc3c2N2c4c1cccc4C(C)(C)c1cc(N(c4ccc5ccccc5c4)c4cc5ccccc5c5ccccc45)cc(c12)C3(C)C. The molecule has 53 heavy (non-hydrogen) atoms. The summed E-state index contributed by atoms with van der Waals surface area (Å²) >= 11 is 0. The summed E-state index contributed by atoms with van der Waals surface area (Å²) in [6.45, 7) is 14.6. The van der Waals surface area contributed by atoms with Crippen LogP contribution in [0.2, 0.25) is 0 Å². The molecule has 2 nitrogen and oxygen atoms in total. The van der Waals surface area contributed by atoms with Gasteiger partial charge in [-0.1, -0.05) is 157 Å². The molecule has 2 heteroatoms. The van der Waals surface area contributed by atoms with E-state index in [0.29, 0.717) is 0 Å². The van der Waals surface area contributed by atoms with Gasteiger partial charge in [0.25, 0.3) is 0 Å². The Morgan fingerprint density at radius 2 is 0.830 bits per heavy atom. The maximum atomic E-state index is 2.66. The van der Waals surface area contributed by atoms with Gasteiger partial charge in [0.2, 0.25) is 0 Å². The highest BCUT2D eigenvalue weighted by Crippen LogP contribution is 2.66. The van der Waals surface area contributed by atoms with Crippen molar-refractivity contribution in [3.8, 4) is 0 Å².